The molecule has 0 spiro atoms. The van der Waals surface area contributed by atoms with Crippen LogP contribution in [0.15, 0.2) is 24.5 Å². The fraction of sp³-hybridized carbons (Fsp3) is 0.588. The molecule has 0 bridgehead atoms. The van der Waals surface area contributed by atoms with Crippen molar-refractivity contribution in [1.29, 1.82) is 0 Å². The zero-order valence-corrected chi connectivity index (χ0v) is 13.4. The van der Waals surface area contributed by atoms with Crippen LogP contribution in [0.1, 0.15) is 50.7 Å². The highest BCUT2D eigenvalue weighted by atomic mass is 16.5. The van der Waals surface area contributed by atoms with Gasteiger partial charge in [0.05, 0.1) is 6.61 Å². The minimum absolute atomic E-state index is 0.188. The second-order valence-electron chi connectivity index (χ2n) is 5.86. The van der Waals surface area contributed by atoms with Crippen molar-refractivity contribution in [3.8, 4) is 0 Å². The predicted molar refractivity (Wildman–Crippen MR) is 84.3 cm³/mol. The summed E-state index contributed by atoms with van der Waals surface area (Å²) in [6.07, 6.45) is 6.63. The number of hydrogen-bond acceptors (Lipinski definition) is 5. The molecule has 1 aromatic rings. The van der Waals surface area contributed by atoms with Gasteiger partial charge in [0.15, 0.2) is 6.04 Å². The van der Waals surface area contributed by atoms with E-state index in [4.69, 9.17) is 4.74 Å². The van der Waals surface area contributed by atoms with E-state index in [9.17, 15) is 14.7 Å². The van der Waals surface area contributed by atoms with Crippen LogP contribution in [-0.4, -0.2) is 34.6 Å². The number of ether oxygens (including phenoxy) is 1. The van der Waals surface area contributed by atoms with Crippen LogP contribution in [0.3, 0.4) is 0 Å². The summed E-state index contributed by atoms with van der Waals surface area (Å²) in [5.74, 6) is -0.260. The van der Waals surface area contributed by atoms with Crippen LogP contribution in [0, 0.1) is 5.92 Å². The van der Waals surface area contributed by atoms with Crippen molar-refractivity contribution in [3.63, 3.8) is 0 Å². The molecule has 0 saturated heterocycles. The maximum absolute atomic E-state index is 12.1. The molecule has 23 heavy (non-hydrogen) atoms. The quantitative estimate of drug-likeness (QED) is 0.712. The number of aliphatic hydroxyl groups excluding tert-OH is 1. The fourth-order valence-electron chi connectivity index (χ4n) is 2.60. The number of amides is 1. The van der Waals surface area contributed by atoms with E-state index in [2.05, 4.69) is 10.3 Å². The maximum atomic E-state index is 12.1. The van der Waals surface area contributed by atoms with Crippen LogP contribution in [0.2, 0.25) is 0 Å². The van der Waals surface area contributed by atoms with E-state index in [-0.39, 0.29) is 12.5 Å². The second kappa shape index (κ2) is 8.62. The van der Waals surface area contributed by atoms with Crippen molar-refractivity contribution in [1.82, 2.24) is 10.3 Å². The van der Waals surface area contributed by atoms with Gasteiger partial charge in [0.25, 0.3) is 0 Å². The van der Waals surface area contributed by atoms with Gasteiger partial charge in [-0.05, 0) is 25.3 Å². The zero-order chi connectivity index (χ0) is 16.7. The number of nitrogens with zero attached hydrogens (tertiary/aromatic N) is 1. The third-order valence-corrected chi connectivity index (χ3v) is 4.20. The molecule has 2 rings (SSSR count). The largest absolute Gasteiger partial charge is 0.464 e. The van der Waals surface area contributed by atoms with Gasteiger partial charge in [0.2, 0.25) is 5.91 Å². The minimum atomic E-state index is -1.18. The van der Waals surface area contributed by atoms with Crippen molar-refractivity contribution in [3.05, 3.63) is 30.1 Å². The van der Waals surface area contributed by atoms with E-state index in [1.54, 1.807) is 25.3 Å². The Labute approximate surface area is 136 Å². The van der Waals surface area contributed by atoms with Crippen LogP contribution in [0.4, 0.5) is 0 Å². The van der Waals surface area contributed by atoms with Crippen LogP contribution >= 0.6 is 0 Å². The third kappa shape index (κ3) is 5.03. The molecule has 126 valence electrons. The summed E-state index contributed by atoms with van der Waals surface area (Å²) in [6.45, 7) is 1.87. The molecule has 1 saturated carbocycles. The molecule has 0 aromatic carbocycles. The Balaban J connectivity index is 1.98. The highest BCUT2D eigenvalue weighted by Crippen LogP contribution is 2.30. The number of aliphatic hydroxyl groups is 1. The lowest BCUT2D eigenvalue weighted by atomic mass is 9.82. The van der Waals surface area contributed by atoms with Crippen LogP contribution < -0.4 is 5.32 Å². The van der Waals surface area contributed by atoms with Crippen LogP contribution in [0.25, 0.3) is 0 Å². The predicted octanol–water partition coefficient (Wildman–Crippen LogP) is 1.74. The molecule has 2 N–H and O–H groups in total. The highest BCUT2D eigenvalue weighted by Gasteiger charge is 2.31. The van der Waals surface area contributed by atoms with Crippen LogP contribution in [-0.2, 0) is 14.3 Å². The first-order chi connectivity index (χ1) is 11.1. The van der Waals surface area contributed by atoms with E-state index in [1.165, 1.54) is 25.5 Å². The number of nitrogens with one attached hydrogen (secondary N) is 1. The third-order valence-electron chi connectivity index (χ3n) is 4.20. The molecule has 1 aliphatic carbocycles. The molecule has 1 amide bonds. The van der Waals surface area contributed by atoms with E-state index in [0.717, 1.165) is 6.42 Å². The second-order valence-corrected chi connectivity index (χ2v) is 5.86. The van der Waals surface area contributed by atoms with E-state index >= 15 is 0 Å². The van der Waals surface area contributed by atoms with E-state index in [1.807, 2.05) is 0 Å². The van der Waals surface area contributed by atoms with Crippen molar-refractivity contribution in [2.75, 3.05) is 6.61 Å². The Kier molecular flexibility index (Phi) is 6.52. The summed E-state index contributed by atoms with van der Waals surface area (Å²) in [7, 11) is 0. The fourth-order valence-corrected chi connectivity index (χ4v) is 2.60. The molecule has 0 aliphatic heterocycles. The lowest BCUT2D eigenvalue weighted by Crippen LogP contribution is -2.46. The normalized spacial score (nSPS) is 17.0. The molecule has 1 aromatic heterocycles. The SMILES string of the molecule is CCOC(=O)C(NC(=O)CCC1CCC1)C(O)c1cccnc1. The topological polar surface area (TPSA) is 88.5 Å². The van der Waals surface area contributed by atoms with Gasteiger partial charge in [0.1, 0.15) is 6.10 Å². The summed E-state index contributed by atoms with van der Waals surface area (Å²) < 4.78 is 4.97. The Hall–Kier alpha value is -1.95. The van der Waals surface area contributed by atoms with Gasteiger partial charge in [-0.3, -0.25) is 9.78 Å². The molecular weight excluding hydrogens is 296 g/mol. The molecule has 6 heteroatoms. The molecule has 1 heterocycles. The average molecular weight is 320 g/mol. The van der Waals surface area contributed by atoms with Gasteiger partial charge in [-0.1, -0.05) is 25.3 Å². The number of hydrogen-bond donors (Lipinski definition) is 2. The number of pyridine rings is 1. The average Bonchev–Trinajstić information content (AvgIpc) is 2.51. The Morgan fingerprint density at radius 2 is 2.26 bits per heavy atom. The number of aromatic nitrogens is 1. The van der Waals surface area contributed by atoms with Gasteiger partial charge < -0.3 is 15.2 Å². The standard InChI is InChI=1S/C17H24N2O4/c1-2-23-17(22)15(16(21)13-7-4-10-18-11-13)19-14(20)9-8-12-5-3-6-12/h4,7,10-12,15-16,21H,2-3,5-6,8-9H2,1H3,(H,19,20). The molecular formula is C17H24N2O4. The number of esters is 1. The first-order valence-electron chi connectivity index (χ1n) is 8.15. The molecule has 0 radical (unpaired) electrons. The van der Waals surface area contributed by atoms with Gasteiger partial charge in [-0.15, -0.1) is 0 Å². The van der Waals surface area contributed by atoms with Crippen LogP contribution in [0.5, 0.6) is 0 Å². The smallest absolute Gasteiger partial charge is 0.331 e. The number of rotatable bonds is 8. The minimum Gasteiger partial charge on any atom is -0.464 e. The summed E-state index contributed by atoms with van der Waals surface area (Å²) in [5.41, 5.74) is 0.463. The van der Waals surface area contributed by atoms with Crippen molar-refractivity contribution >= 4 is 11.9 Å². The summed E-state index contributed by atoms with van der Waals surface area (Å²) in [6, 6.07) is 2.21. The molecule has 1 aliphatic rings. The highest BCUT2D eigenvalue weighted by molar-refractivity contribution is 5.85. The molecule has 2 atom stereocenters. The Bertz CT molecular complexity index is 517. The van der Waals surface area contributed by atoms with Crippen molar-refractivity contribution in [2.24, 2.45) is 5.92 Å². The zero-order valence-electron chi connectivity index (χ0n) is 13.4. The lowest BCUT2D eigenvalue weighted by molar-refractivity contribution is -0.151. The van der Waals surface area contributed by atoms with Crippen molar-refractivity contribution in [2.45, 2.75) is 51.2 Å². The van der Waals surface area contributed by atoms with E-state index < -0.39 is 18.1 Å². The van der Waals surface area contributed by atoms with Gasteiger partial charge in [-0.2, -0.15) is 0 Å². The number of carbonyl (C=O) groups is 2. The summed E-state index contributed by atoms with van der Waals surface area (Å²) in [5, 5.41) is 13.0. The van der Waals surface area contributed by atoms with Gasteiger partial charge in [0, 0.05) is 24.4 Å². The summed E-state index contributed by atoms with van der Waals surface area (Å²) >= 11 is 0. The number of carbonyl (C=O) groups excluding carboxylic acids is 2. The van der Waals surface area contributed by atoms with E-state index in [0.29, 0.717) is 17.9 Å². The van der Waals surface area contributed by atoms with Gasteiger partial charge >= 0.3 is 5.97 Å². The maximum Gasteiger partial charge on any atom is 0.331 e. The monoisotopic (exact) mass is 320 g/mol. The first-order valence-corrected chi connectivity index (χ1v) is 8.15. The summed E-state index contributed by atoms with van der Waals surface area (Å²) in [4.78, 5) is 28.1. The Morgan fingerprint density at radius 3 is 2.83 bits per heavy atom. The molecule has 6 nitrogen and oxygen atoms in total. The van der Waals surface area contributed by atoms with Gasteiger partial charge in [-0.25, -0.2) is 4.79 Å². The Morgan fingerprint density at radius 1 is 1.48 bits per heavy atom. The molecule has 1 fully saturated rings. The lowest BCUT2D eigenvalue weighted by Gasteiger charge is -2.26. The first kappa shape index (κ1) is 17.4. The van der Waals surface area contributed by atoms with Crippen molar-refractivity contribution < 1.29 is 19.4 Å². The molecule has 2 unspecified atom stereocenters.